The molecule has 1 saturated carbocycles. The second-order valence-corrected chi connectivity index (χ2v) is 6.93. The quantitative estimate of drug-likeness (QED) is 0.531. The zero-order chi connectivity index (χ0) is 14.3. The number of rotatable bonds is 0. The number of hydrogen-bond acceptors (Lipinski definition) is 5. The lowest BCUT2D eigenvalue weighted by molar-refractivity contribution is -0.140. The van der Waals surface area contributed by atoms with E-state index in [1.54, 1.807) is 6.92 Å². The molecule has 4 aliphatic rings. The smallest absolute Gasteiger partial charge is 0.334 e. The van der Waals surface area contributed by atoms with Gasteiger partial charge >= 0.3 is 5.97 Å². The minimum atomic E-state index is -0.754. The molecule has 0 aromatic heterocycles. The first-order valence-corrected chi connectivity index (χ1v) is 7.29. The minimum absolute atomic E-state index is 0.209. The number of fused-ring (bicyclic) bond motifs is 3. The molecule has 3 heterocycles. The Morgan fingerprint density at radius 3 is 2.75 bits per heavy atom. The molecule has 110 valence electrons. The molecule has 1 aliphatic carbocycles. The fourth-order valence-corrected chi connectivity index (χ4v) is 3.84. The molecule has 0 spiro atoms. The fourth-order valence-electron chi connectivity index (χ4n) is 3.84. The van der Waals surface area contributed by atoms with E-state index in [4.69, 9.17) is 14.2 Å². The van der Waals surface area contributed by atoms with Crippen molar-refractivity contribution in [2.75, 3.05) is 0 Å². The van der Waals surface area contributed by atoms with Crippen molar-refractivity contribution in [2.24, 2.45) is 0 Å². The van der Waals surface area contributed by atoms with Gasteiger partial charge < -0.3 is 19.3 Å². The van der Waals surface area contributed by atoms with E-state index in [1.165, 1.54) is 0 Å². The average molecular weight is 280 g/mol. The number of hydrogen-bond donors (Lipinski definition) is 1. The van der Waals surface area contributed by atoms with Gasteiger partial charge in [0.05, 0.1) is 17.3 Å². The molecule has 2 saturated heterocycles. The van der Waals surface area contributed by atoms with Crippen molar-refractivity contribution in [3.8, 4) is 0 Å². The maximum absolute atomic E-state index is 11.8. The van der Waals surface area contributed by atoms with E-state index < -0.39 is 6.10 Å². The summed E-state index contributed by atoms with van der Waals surface area (Å²) < 4.78 is 17.0. The van der Waals surface area contributed by atoms with E-state index in [2.05, 4.69) is 6.92 Å². The summed E-state index contributed by atoms with van der Waals surface area (Å²) in [5.41, 5.74) is 0.689. The Morgan fingerprint density at radius 1 is 1.25 bits per heavy atom. The monoisotopic (exact) mass is 280 g/mol. The summed E-state index contributed by atoms with van der Waals surface area (Å²) >= 11 is 0. The van der Waals surface area contributed by atoms with Crippen LogP contribution in [0.15, 0.2) is 11.1 Å². The molecule has 3 fully saturated rings. The summed E-state index contributed by atoms with van der Waals surface area (Å²) in [6.45, 7) is 5.79. The third-order valence-corrected chi connectivity index (χ3v) is 5.41. The first kappa shape index (κ1) is 12.8. The van der Waals surface area contributed by atoms with Gasteiger partial charge in [-0.25, -0.2) is 4.79 Å². The van der Waals surface area contributed by atoms with Crippen molar-refractivity contribution < 1.29 is 24.1 Å². The van der Waals surface area contributed by atoms with Crippen LogP contribution in [-0.4, -0.2) is 46.7 Å². The Hall–Kier alpha value is -0.910. The maximum Gasteiger partial charge on any atom is 0.334 e. The van der Waals surface area contributed by atoms with E-state index in [0.29, 0.717) is 17.6 Å². The number of aliphatic hydroxyl groups is 1. The van der Waals surface area contributed by atoms with Crippen LogP contribution in [0.4, 0.5) is 0 Å². The van der Waals surface area contributed by atoms with Gasteiger partial charge in [0.2, 0.25) is 0 Å². The van der Waals surface area contributed by atoms with Crippen LogP contribution in [0.25, 0.3) is 0 Å². The van der Waals surface area contributed by atoms with Crippen LogP contribution < -0.4 is 0 Å². The predicted octanol–water partition coefficient (Wildman–Crippen LogP) is 1.09. The average Bonchev–Trinajstić information content (AvgIpc) is 3.19. The van der Waals surface area contributed by atoms with Crippen molar-refractivity contribution in [1.82, 2.24) is 0 Å². The van der Waals surface area contributed by atoms with Crippen LogP contribution in [0.1, 0.15) is 40.0 Å². The second-order valence-electron chi connectivity index (χ2n) is 6.93. The van der Waals surface area contributed by atoms with Crippen LogP contribution in [0.3, 0.4) is 0 Å². The number of ether oxygens (including phenoxy) is 3. The molecule has 20 heavy (non-hydrogen) atoms. The number of carbonyl (C=O) groups is 1. The van der Waals surface area contributed by atoms with Gasteiger partial charge in [0.1, 0.15) is 18.3 Å². The molecule has 5 nitrogen and oxygen atoms in total. The molecule has 6 atom stereocenters. The molecule has 0 bridgehead atoms. The lowest BCUT2D eigenvalue weighted by atomic mass is 9.84. The van der Waals surface area contributed by atoms with E-state index >= 15 is 0 Å². The highest BCUT2D eigenvalue weighted by molar-refractivity contribution is 5.92. The molecule has 4 rings (SSSR count). The standard InChI is InChI=1S/C15H20O5/c1-7-10-8(18-13(7)17)6-15(3)9(19-15)4-5-14(2)12(20-14)11(10)16/h8-9,11-12,16H,4-6H2,1-3H3. The molecule has 0 aromatic rings. The lowest BCUT2D eigenvalue weighted by Gasteiger charge is -2.22. The highest BCUT2D eigenvalue weighted by Crippen LogP contribution is 2.53. The van der Waals surface area contributed by atoms with Gasteiger partial charge in [0.15, 0.2) is 0 Å². The van der Waals surface area contributed by atoms with Crippen molar-refractivity contribution in [3.63, 3.8) is 0 Å². The summed E-state index contributed by atoms with van der Waals surface area (Å²) in [4.78, 5) is 11.8. The van der Waals surface area contributed by atoms with E-state index in [1.807, 2.05) is 6.92 Å². The van der Waals surface area contributed by atoms with Gasteiger partial charge in [0, 0.05) is 17.6 Å². The zero-order valence-corrected chi connectivity index (χ0v) is 12.0. The highest BCUT2D eigenvalue weighted by atomic mass is 16.6. The van der Waals surface area contributed by atoms with Crippen molar-refractivity contribution in [2.45, 2.75) is 75.7 Å². The highest BCUT2D eigenvalue weighted by Gasteiger charge is 2.63. The summed E-state index contributed by atoms with van der Waals surface area (Å²) in [6, 6.07) is 0. The van der Waals surface area contributed by atoms with Crippen molar-refractivity contribution in [1.29, 1.82) is 0 Å². The van der Waals surface area contributed by atoms with E-state index in [-0.39, 0.29) is 35.5 Å². The summed E-state index contributed by atoms with van der Waals surface area (Å²) in [7, 11) is 0. The molecule has 1 N–H and O–H groups in total. The number of aliphatic hydroxyl groups excluding tert-OH is 1. The molecule has 6 unspecified atom stereocenters. The first-order valence-electron chi connectivity index (χ1n) is 7.29. The SMILES string of the molecule is CC1=C2C(CC3(C)OC3CCC3(C)OC3C2O)OC1=O. The molecule has 5 heteroatoms. The Balaban J connectivity index is 1.71. The van der Waals surface area contributed by atoms with Gasteiger partial charge in [-0.05, 0) is 33.6 Å². The van der Waals surface area contributed by atoms with Crippen LogP contribution >= 0.6 is 0 Å². The second kappa shape index (κ2) is 3.64. The normalized spacial score (nSPS) is 53.7. The van der Waals surface area contributed by atoms with Crippen molar-refractivity contribution in [3.05, 3.63) is 11.1 Å². The van der Waals surface area contributed by atoms with Crippen LogP contribution in [0.5, 0.6) is 0 Å². The third-order valence-electron chi connectivity index (χ3n) is 5.41. The number of epoxide rings is 2. The van der Waals surface area contributed by atoms with Crippen LogP contribution in [0.2, 0.25) is 0 Å². The zero-order valence-electron chi connectivity index (χ0n) is 12.0. The Morgan fingerprint density at radius 2 is 2.00 bits per heavy atom. The first-order chi connectivity index (χ1) is 9.34. The fraction of sp³-hybridized carbons (Fsp3) is 0.800. The van der Waals surface area contributed by atoms with Crippen LogP contribution in [-0.2, 0) is 19.0 Å². The van der Waals surface area contributed by atoms with Gasteiger partial charge in [-0.15, -0.1) is 0 Å². The molecular weight excluding hydrogens is 260 g/mol. The van der Waals surface area contributed by atoms with Gasteiger partial charge in [-0.3, -0.25) is 0 Å². The predicted molar refractivity (Wildman–Crippen MR) is 69.0 cm³/mol. The molecule has 0 radical (unpaired) electrons. The third kappa shape index (κ3) is 1.63. The molecular formula is C15H20O5. The van der Waals surface area contributed by atoms with Gasteiger partial charge in [-0.2, -0.15) is 0 Å². The Bertz CT molecular complexity index is 526. The molecule has 0 amide bonds. The van der Waals surface area contributed by atoms with E-state index in [9.17, 15) is 9.90 Å². The number of carbonyl (C=O) groups excluding carboxylic acids is 1. The largest absolute Gasteiger partial charge is 0.454 e. The Labute approximate surface area is 117 Å². The van der Waals surface area contributed by atoms with Gasteiger partial charge in [0.25, 0.3) is 0 Å². The minimum Gasteiger partial charge on any atom is -0.454 e. The number of esters is 1. The van der Waals surface area contributed by atoms with Gasteiger partial charge in [-0.1, -0.05) is 0 Å². The van der Waals surface area contributed by atoms with E-state index in [0.717, 1.165) is 12.8 Å². The van der Waals surface area contributed by atoms with Crippen molar-refractivity contribution >= 4 is 5.97 Å². The summed E-state index contributed by atoms with van der Waals surface area (Å²) in [5.74, 6) is -0.327. The molecule has 3 aliphatic heterocycles. The van der Waals surface area contributed by atoms with Crippen LogP contribution in [0, 0.1) is 0 Å². The maximum atomic E-state index is 11.8. The summed E-state index contributed by atoms with van der Waals surface area (Å²) in [5, 5.41) is 10.6. The molecule has 0 aromatic carbocycles. The lowest BCUT2D eigenvalue weighted by Crippen LogP contribution is -2.33. The Kier molecular flexibility index (Phi) is 2.33. The topological polar surface area (TPSA) is 71.6 Å². The summed E-state index contributed by atoms with van der Waals surface area (Å²) in [6.07, 6.45) is 1.27.